The molecule has 3 nitrogen and oxygen atoms in total. The van der Waals surface area contributed by atoms with E-state index in [1.807, 2.05) is 54.6 Å². The zero-order chi connectivity index (χ0) is 19.4. The number of rotatable bonds is 6. The fraction of sp³-hybridized carbons (Fsp3) is 0.238. The minimum Gasteiger partial charge on any atom is -0.489 e. The Bertz CT molecular complexity index is 861. The van der Waals surface area contributed by atoms with Crippen LogP contribution in [0.5, 0.6) is 5.75 Å². The number of hydrogen-bond donors (Lipinski definition) is 0. The predicted octanol–water partition coefficient (Wildman–Crippen LogP) is 5.89. The highest BCUT2D eigenvalue weighted by Crippen LogP contribution is 2.33. The van der Waals surface area contributed by atoms with Crippen LogP contribution in [0.15, 0.2) is 57.9 Å². The molecule has 1 fully saturated rings. The Morgan fingerprint density at radius 2 is 1.81 bits per heavy atom. The molecule has 0 aromatic heterocycles. The van der Waals surface area contributed by atoms with Crippen LogP contribution in [0, 0.1) is 5.92 Å². The first-order chi connectivity index (χ1) is 12.9. The highest BCUT2D eigenvalue weighted by molar-refractivity contribution is 9.10. The lowest BCUT2D eigenvalue weighted by Crippen LogP contribution is -2.31. The fourth-order valence-corrected chi connectivity index (χ4v) is 4.12. The van der Waals surface area contributed by atoms with Gasteiger partial charge in [-0.3, -0.25) is 9.69 Å². The summed E-state index contributed by atoms with van der Waals surface area (Å²) < 4.78 is 7.50. The Hall–Kier alpha value is -1.63. The van der Waals surface area contributed by atoms with Gasteiger partial charge in [-0.15, -0.1) is 0 Å². The summed E-state index contributed by atoms with van der Waals surface area (Å²) in [6, 6.07) is 15.8. The third kappa shape index (κ3) is 5.43. The maximum absolute atomic E-state index is 12.5. The predicted molar refractivity (Wildman–Crippen MR) is 120 cm³/mol. The first-order valence-corrected chi connectivity index (χ1v) is 10.7. The topological polar surface area (TPSA) is 29.5 Å². The van der Waals surface area contributed by atoms with E-state index in [0.29, 0.717) is 28.3 Å². The molecule has 140 valence electrons. The van der Waals surface area contributed by atoms with Crippen LogP contribution in [0.1, 0.15) is 25.0 Å². The average Bonchev–Trinajstić information content (AvgIpc) is 2.89. The summed E-state index contributed by atoms with van der Waals surface area (Å²) in [5, 5.41) is 0. The molecule has 0 atom stereocenters. The molecule has 1 aliphatic rings. The normalized spacial score (nSPS) is 15.9. The SMILES string of the molecule is CC(C)CN1C(=O)/C(=C/c2ccc(OCc3ccc(Br)cc3)cc2)SC1=S. The standard InChI is InChI=1S/C21H20BrNO2S2/c1-14(2)12-23-20(24)19(27-21(23)26)11-15-5-9-18(10-6-15)25-13-16-3-7-17(22)8-4-16/h3-11,14H,12-13H2,1-2H3/b19-11-. The second-order valence-corrected chi connectivity index (χ2v) is 9.26. The number of halogens is 1. The molecule has 27 heavy (non-hydrogen) atoms. The molecule has 0 spiro atoms. The zero-order valence-corrected chi connectivity index (χ0v) is 18.4. The van der Waals surface area contributed by atoms with E-state index in [0.717, 1.165) is 21.3 Å². The van der Waals surface area contributed by atoms with E-state index in [2.05, 4.69) is 29.8 Å². The third-order valence-electron chi connectivity index (χ3n) is 3.92. The van der Waals surface area contributed by atoms with Crippen molar-refractivity contribution < 1.29 is 9.53 Å². The molecule has 0 unspecified atom stereocenters. The van der Waals surface area contributed by atoms with Gasteiger partial charge in [0, 0.05) is 11.0 Å². The summed E-state index contributed by atoms with van der Waals surface area (Å²) in [5.74, 6) is 1.17. The Labute approximate surface area is 177 Å². The second-order valence-electron chi connectivity index (χ2n) is 6.67. The van der Waals surface area contributed by atoms with E-state index in [4.69, 9.17) is 17.0 Å². The summed E-state index contributed by atoms with van der Waals surface area (Å²) in [7, 11) is 0. The number of carbonyl (C=O) groups excluding carboxylic acids is 1. The molecule has 2 aromatic carbocycles. The number of thiocarbonyl (C=S) groups is 1. The van der Waals surface area contributed by atoms with Gasteiger partial charge in [0.2, 0.25) is 0 Å². The number of ether oxygens (including phenoxy) is 1. The van der Waals surface area contributed by atoms with E-state index in [-0.39, 0.29) is 5.91 Å². The lowest BCUT2D eigenvalue weighted by atomic mass is 10.2. The number of nitrogens with zero attached hydrogens (tertiary/aromatic N) is 1. The van der Waals surface area contributed by atoms with Gasteiger partial charge in [-0.1, -0.05) is 78.0 Å². The molecule has 0 bridgehead atoms. The molecule has 1 heterocycles. The van der Waals surface area contributed by atoms with Crippen molar-refractivity contribution in [2.75, 3.05) is 6.54 Å². The van der Waals surface area contributed by atoms with Crippen molar-refractivity contribution in [3.8, 4) is 5.75 Å². The van der Waals surface area contributed by atoms with Gasteiger partial charge < -0.3 is 4.74 Å². The first kappa shape index (κ1) is 20.1. The quantitative estimate of drug-likeness (QED) is 0.396. The van der Waals surface area contributed by atoms with Gasteiger partial charge in [0.05, 0.1) is 4.91 Å². The van der Waals surface area contributed by atoms with Crippen LogP contribution in [-0.4, -0.2) is 21.7 Å². The second kappa shape index (κ2) is 9.04. The molecule has 2 aromatic rings. The molecule has 1 amide bonds. The van der Waals surface area contributed by atoms with Gasteiger partial charge in [0.1, 0.15) is 16.7 Å². The molecule has 3 rings (SSSR count). The van der Waals surface area contributed by atoms with E-state index < -0.39 is 0 Å². The summed E-state index contributed by atoms with van der Waals surface area (Å²) in [4.78, 5) is 14.9. The Morgan fingerprint density at radius 1 is 1.15 bits per heavy atom. The molecule has 6 heteroatoms. The van der Waals surface area contributed by atoms with Crippen LogP contribution in [-0.2, 0) is 11.4 Å². The third-order valence-corrected chi connectivity index (χ3v) is 5.82. The maximum atomic E-state index is 12.5. The molecule has 1 aliphatic heterocycles. The van der Waals surface area contributed by atoms with E-state index in [1.54, 1.807) is 4.90 Å². The van der Waals surface area contributed by atoms with Crippen LogP contribution < -0.4 is 4.74 Å². The smallest absolute Gasteiger partial charge is 0.266 e. The summed E-state index contributed by atoms with van der Waals surface area (Å²) in [5.41, 5.74) is 2.06. The lowest BCUT2D eigenvalue weighted by molar-refractivity contribution is -0.122. The largest absolute Gasteiger partial charge is 0.489 e. The van der Waals surface area contributed by atoms with Crippen molar-refractivity contribution in [2.24, 2.45) is 5.92 Å². The van der Waals surface area contributed by atoms with Gasteiger partial charge in [0.15, 0.2) is 0 Å². The molecule has 0 N–H and O–H groups in total. The Kier molecular flexibility index (Phi) is 6.73. The van der Waals surface area contributed by atoms with Crippen molar-refractivity contribution >= 4 is 56.2 Å². The van der Waals surface area contributed by atoms with Crippen LogP contribution in [0.4, 0.5) is 0 Å². The van der Waals surface area contributed by atoms with E-state index >= 15 is 0 Å². The number of thioether (sulfide) groups is 1. The number of benzene rings is 2. The zero-order valence-electron chi connectivity index (χ0n) is 15.1. The number of carbonyl (C=O) groups is 1. The van der Waals surface area contributed by atoms with Crippen LogP contribution in [0.25, 0.3) is 6.08 Å². The fourth-order valence-electron chi connectivity index (χ4n) is 2.58. The Morgan fingerprint density at radius 3 is 2.44 bits per heavy atom. The van der Waals surface area contributed by atoms with Crippen molar-refractivity contribution in [3.05, 3.63) is 69.0 Å². The molecule has 0 aliphatic carbocycles. The van der Waals surface area contributed by atoms with Crippen LogP contribution >= 0.6 is 39.9 Å². The Balaban J connectivity index is 1.63. The highest BCUT2D eigenvalue weighted by atomic mass is 79.9. The molecular formula is C21H20BrNO2S2. The average molecular weight is 462 g/mol. The first-order valence-electron chi connectivity index (χ1n) is 8.65. The molecule has 1 saturated heterocycles. The summed E-state index contributed by atoms with van der Waals surface area (Å²) in [6.45, 7) is 5.33. The minimum atomic E-state index is -0.00531. The van der Waals surface area contributed by atoms with Crippen LogP contribution in [0.2, 0.25) is 0 Å². The van der Waals surface area contributed by atoms with Crippen molar-refractivity contribution in [2.45, 2.75) is 20.5 Å². The van der Waals surface area contributed by atoms with E-state index in [1.165, 1.54) is 11.8 Å². The maximum Gasteiger partial charge on any atom is 0.266 e. The minimum absolute atomic E-state index is 0.00531. The molecular weight excluding hydrogens is 442 g/mol. The molecule has 0 saturated carbocycles. The van der Waals surface area contributed by atoms with Gasteiger partial charge in [-0.25, -0.2) is 0 Å². The molecule has 0 radical (unpaired) electrons. The summed E-state index contributed by atoms with van der Waals surface area (Å²) >= 11 is 10.1. The van der Waals surface area contributed by atoms with Gasteiger partial charge in [-0.2, -0.15) is 0 Å². The monoisotopic (exact) mass is 461 g/mol. The number of amides is 1. The van der Waals surface area contributed by atoms with E-state index in [9.17, 15) is 4.79 Å². The van der Waals surface area contributed by atoms with Gasteiger partial charge in [0.25, 0.3) is 5.91 Å². The number of hydrogen-bond acceptors (Lipinski definition) is 4. The lowest BCUT2D eigenvalue weighted by Gasteiger charge is -2.16. The van der Waals surface area contributed by atoms with Crippen molar-refractivity contribution in [3.63, 3.8) is 0 Å². The summed E-state index contributed by atoms with van der Waals surface area (Å²) in [6.07, 6.45) is 1.89. The van der Waals surface area contributed by atoms with Crippen molar-refractivity contribution in [1.82, 2.24) is 4.90 Å². The van der Waals surface area contributed by atoms with Crippen LogP contribution in [0.3, 0.4) is 0 Å². The van der Waals surface area contributed by atoms with Gasteiger partial charge in [-0.05, 0) is 47.4 Å². The van der Waals surface area contributed by atoms with Gasteiger partial charge >= 0.3 is 0 Å². The highest BCUT2D eigenvalue weighted by Gasteiger charge is 2.32. The van der Waals surface area contributed by atoms with Crippen molar-refractivity contribution in [1.29, 1.82) is 0 Å².